The summed E-state index contributed by atoms with van der Waals surface area (Å²) in [6.07, 6.45) is -3.58. The largest absolute Gasteiger partial charge is 0.396 e. The highest BCUT2D eigenvalue weighted by Gasteiger charge is 2.16. The van der Waals surface area contributed by atoms with E-state index in [-0.39, 0.29) is 13.0 Å². The van der Waals surface area contributed by atoms with E-state index in [0.717, 1.165) is 0 Å². The predicted molar refractivity (Wildman–Crippen MR) is 35.6 cm³/mol. The van der Waals surface area contributed by atoms with Crippen LogP contribution in [0.15, 0.2) is 0 Å². The van der Waals surface area contributed by atoms with Gasteiger partial charge >= 0.3 is 0 Å². The van der Waals surface area contributed by atoms with Crippen molar-refractivity contribution in [2.75, 3.05) is 6.61 Å². The van der Waals surface area contributed by atoms with E-state index in [0.29, 0.717) is 0 Å². The molecule has 0 saturated heterocycles. The van der Waals surface area contributed by atoms with Gasteiger partial charge in [-0.3, -0.25) is 4.79 Å². The molecule has 4 N–H and O–H groups in total. The summed E-state index contributed by atoms with van der Waals surface area (Å²) in [5, 5.41) is 33.7. The Kier molecular flexibility index (Phi) is 4.97. The van der Waals surface area contributed by atoms with Gasteiger partial charge in [0.1, 0.15) is 6.10 Å². The van der Waals surface area contributed by atoms with Crippen LogP contribution < -0.4 is 0 Å². The minimum atomic E-state index is -1.73. The molecule has 0 aliphatic heterocycles. The van der Waals surface area contributed by atoms with Crippen molar-refractivity contribution >= 4 is 5.78 Å². The number of hydrogen-bond acceptors (Lipinski definition) is 5. The predicted octanol–water partition coefficient (Wildman–Crippen LogP) is -2.00. The zero-order chi connectivity index (χ0) is 8.85. The highest BCUT2D eigenvalue weighted by atomic mass is 16.5. The van der Waals surface area contributed by atoms with E-state index in [9.17, 15) is 4.79 Å². The minimum Gasteiger partial charge on any atom is -0.396 e. The van der Waals surface area contributed by atoms with Crippen molar-refractivity contribution in [2.24, 2.45) is 0 Å². The molecule has 0 aromatic carbocycles. The zero-order valence-corrected chi connectivity index (χ0v) is 5.97. The molecule has 0 saturated carbocycles. The number of ketones is 1. The molecule has 0 amide bonds. The first-order valence-electron chi connectivity index (χ1n) is 3.25. The summed E-state index contributed by atoms with van der Waals surface area (Å²) in [6, 6.07) is 0. The van der Waals surface area contributed by atoms with Gasteiger partial charge < -0.3 is 20.4 Å². The minimum absolute atomic E-state index is 0.0639. The second-order valence-electron chi connectivity index (χ2n) is 2.18. The number of aliphatic hydroxyl groups excluding tert-OH is 3. The van der Waals surface area contributed by atoms with Crippen molar-refractivity contribution in [2.45, 2.75) is 25.2 Å². The summed E-state index contributed by atoms with van der Waals surface area (Å²) in [7, 11) is 0. The molecule has 66 valence electrons. The van der Waals surface area contributed by atoms with Crippen LogP contribution in [-0.4, -0.2) is 45.2 Å². The van der Waals surface area contributed by atoms with E-state index >= 15 is 0 Å². The quantitative estimate of drug-likeness (QED) is 0.352. The van der Waals surface area contributed by atoms with Crippen LogP contribution in [0.4, 0.5) is 0 Å². The standard InChI is InChI=1S/C6H12O5/c7-2-1-4(8)5(9)3-6(10)11/h4,6-8,10-11H,1-3H2. The molecule has 0 rings (SSSR count). The Hall–Kier alpha value is -0.490. The van der Waals surface area contributed by atoms with E-state index in [1.807, 2.05) is 0 Å². The fraction of sp³-hybridized carbons (Fsp3) is 0.833. The van der Waals surface area contributed by atoms with E-state index < -0.39 is 24.6 Å². The molecule has 5 nitrogen and oxygen atoms in total. The van der Waals surface area contributed by atoms with Gasteiger partial charge in [0.2, 0.25) is 0 Å². The lowest BCUT2D eigenvalue weighted by Crippen LogP contribution is -2.25. The Bertz CT molecular complexity index is 122. The summed E-state index contributed by atoms with van der Waals surface area (Å²) in [5.74, 6) is -0.672. The number of aliphatic hydroxyl groups is 4. The van der Waals surface area contributed by atoms with Crippen molar-refractivity contribution in [3.63, 3.8) is 0 Å². The van der Waals surface area contributed by atoms with Crippen molar-refractivity contribution in [1.29, 1.82) is 0 Å². The fourth-order valence-electron chi connectivity index (χ4n) is 0.599. The van der Waals surface area contributed by atoms with Crippen LogP contribution in [-0.2, 0) is 4.79 Å². The molecular weight excluding hydrogens is 152 g/mol. The van der Waals surface area contributed by atoms with Crippen molar-refractivity contribution < 1.29 is 25.2 Å². The molecule has 5 heteroatoms. The monoisotopic (exact) mass is 164 g/mol. The number of carbonyl (C=O) groups is 1. The Morgan fingerprint density at radius 3 is 2.18 bits per heavy atom. The van der Waals surface area contributed by atoms with Crippen LogP contribution in [0.2, 0.25) is 0 Å². The Morgan fingerprint density at radius 1 is 1.27 bits per heavy atom. The zero-order valence-electron chi connectivity index (χ0n) is 5.97. The maximum atomic E-state index is 10.7. The van der Waals surface area contributed by atoms with Gasteiger partial charge in [0.25, 0.3) is 0 Å². The molecule has 1 unspecified atom stereocenters. The van der Waals surface area contributed by atoms with Gasteiger partial charge in [0.15, 0.2) is 12.1 Å². The first kappa shape index (κ1) is 10.5. The van der Waals surface area contributed by atoms with Crippen LogP contribution in [0.25, 0.3) is 0 Å². The van der Waals surface area contributed by atoms with Gasteiger partial charge in [-0.05, 0) is 0 Å². The lowest BCUT2D eigenvalue weighted by atomic mass is 10.1. The van der Waals surface area contributed by atoms with Crippen LogP contribution in [0.1, 0.15) is 12.8 Å². The first-order valence-corrected chi connectivity index (χ1v) is 3.25. The average Bonchev–Trinajstić information content (AvgIpc) is 1.86. The summed E-state index contributed by atoms with van der Waals surface area (Å²) < 4.78 is 0. The third-order valence-electron chi connectivity index (χ3n) is 1.16. The first-order chi connectivity index (χ1) is 5.07. The molecule has 11 heavy (non-hydrogen) atoms. The normalized spacial score (nSPS) is 13.5. The van der Waals surface area contributed by atoms with E-state index in [1.54, 1.807) is 0 Å². The third kappa shape index (κ3) is 4.86. The molecule has 0 aromatic rings. The number of carbonyl (C=O) groups excluding carboxylic acids is 1. The Labute approximate surface area is 63.9 Å². The topological polar surface area (TPSA) is 98.0 Å². The summed E-state index contributed by atoms with van der Waals surface area (Å²) in [4.78, 5) is 10.7. The number of hydrogen-bond donors (Lipinski definition) is 4. The van der Waals surface area contributed by atoms with Crippen LogP contribution in [0.5, 0.6) is 0 Å². The average molecular weight is 164 g/mol. The SMILES string of the molecule is O=C(CC(O)O)C(O)CCO. The molecule has 1 atom stereocenters. The molecule has 0 aromatic heterocycles. The molecule has 0 aliphatic carbocycles. The second kappa shape index (κ2) is 5.20. The van der Waals surface area contributed by atoms with Crippen molar-refractivity contribution in [3.8, 4) is 0 Å². The highest BCUT2D eigenvalue weighted by Crippen LogP contribution is 1.98. The van der Waals surface area contributed by atoms with Crippen molar-refractivity contribution in [3.05, 3.63) is 0 Å². The van der Waals surface area contributed by atoms with Crippen LogP contribution in [0, 0.1) is 0 Å². The molecule has 0 fully saturated rings. The van der Waals surface area contributed by atoms with Gasteiger partial charge in [-0.15, -0.1) is 0 Å². The summed E-state index contributed by atoms with van der Waals surface area (Å²) in [5.41, 5.74) is 0. The highest BCUT2D eigenvalue weighted by molar-refractivity contribution is 5.82. The number of Topliss-reactive ketones (excluding diaryl/α,β-unsaturated/α-hetero) is 1. The lowest BCUT2D eigenvalue weighted by molar-refractivity contribution is -0.136. The van der Waals surface area contributed by atoms with Gasteiger partial charge in [0, 0.05) is 13.0 Å². The second-order valence-corrected chi connectivity index (χ2v) is 2.18. The van der Waals surface area contributed by atoms with Crippen LogP contribution >= 0.6 is 0 Å². The van der Waals surface area contributed by atoms with E-state index in [4.69, 9.17) is 20.4 Å². The van der Waals surface area contributed by atoms with Gasteiger partial charge in [0.05, 0.1) is 6.42 Å². The summed E-state index contributed by atoms with van der Waals surface area (Å²) in [6.45, 7) is -0.297. The van der Waals surface area contributed by atoms with Crippen LogP contribution in [0.3, 0.4) is 0 Å². The van der Waals surface area contributed by atoms with E-state index in [2.05, 4.69) is 0 Å². The molecule has 0 heterocycles. The smallest absolute Gasteiger partial charge is 0.166 e. The van der Waals surface area contributed by atoms with E-state index in [1.165, 1.54) is 0 Å². The number of rotatable bonds is 5. The molecular formula is C6H12O5. The lowest BCUT2D eigenvalue weighted by Gasteiger charge is -2.07. The Morgan fingerprint density at radius 2 is 1.82 bits per heavy atom. The molecule has 0 bridgehead atoms. The maximum absolute atomic E-state index is 10.7. The molecule has 0 aliphatic rings. The molecule has 0 radical (unpaired) electrons. The fourth-order valence-corrected chi connectivity index (χ4v) is 0.599. The molecule has 0 spiro atoms. The van der Waals surface area contributed by atoms with Gasteiger partial charge in [-0.25, -0.2) is 0 Å². The summed E-state index contributed by atoms with van der Waals surface area (Å²) >= 11 is 0. The third-order valence-corrected chi connectivity index (χ3v) is 1.16. The Balaban J connectivity index is 3.64. The van der Waals surface area contributed by atoms with Gasteiger partial charge in [-0.1, -0.05) is 0 Å². The maximum Gasteiger partial charge on any atom is 0.166 e. The van der Waals surface area contributed by atoms with Gasteiger partial charge in [-0.2, -0.15) is 0 Å². The van der Waals surface area contributed by atoms with Crippen molar-refractivity contribution in [1.82, 2.24) is 0 Å².